The van der Waals surface area contributed by atoms with E-state index in [4.69, 9.17) is 5.11 Å². The molecule has 0 radical (unpaired) electrons. The number of thioether (sulfide) groups is 1. The van der Waals surface area contributed by atoms with Gasteiger partial charge < -0.3 is 10.4 Å². The first-order valence-electron chi connectivity index (χ1n) is 6.56. The van der Waals surface area contributed by atoms with Gasteiger partial charge in [0, 0.05) is 17.7 Å². The molecule has 0 fully saturated rings. The first-order chi connectivity index (χ1) is 9.58. The largest absolute Gasteiger partial charge is 0.384 e. The van der Waals surface area contributed by atoms with Gasteiger partial charge in [-0.05, 0) is 48.6 Å². The monoisotopic (exact) mass is 291 g/mol. The Morgan fingerprint density at radius 2 is 2.25 bits per heavy atom. The number of amides is 1. The number of aryl methyl sites for hydroxylation is 1. The van der Waals surface area contributed by atoms with E-state index < -0.39 is 0 Å². The number of aliphatic hydroxyl groups is 1. The van der Waals surface area contributed by atoms with Crippen LogP contribution in [-0.2, 0) is 0 Å². The fraction of sp³-hybridized carbons (Fsp3) is 0.438. The van der Waals surface area contributed by atoms with E-state index >= 15 is 0 Å². The molecule has 0 aromatic heterocycles. The molecule has 0 heterocycles. The molecule has 0 aliphatic carbocycles. The van der Waals surface area contributed by atoms with Gasteiger partial charge in [0.1, 0.15) is 6.61 Å². The lowest BCUT2D eigenvalue weighted by molar-refractivity contribution is 0.0949. The Morgan fingerprint density at radius 1 is 1.50 bits per heavy atom. The summed E-state index contributed by atoms with van der Waals surface area (Å²) in [6.07, 6.45) is 2.06. The highest BCUT2D eigenvalue weighted by Gasteiger charge is 2.08. The lowest BCUT2D eigenvalue weighted by Crippen LogP contribution is -2.29. The van der Waals surface area contributed by atoms with Gasteiger partial charge in [-0.2, -0.15) is 11.8 Å². The van der Waals surface area contributed by atoms with Gasteiger partial charge in [-0.1, -0.05) is 18.8 Å². The summed E-state index contributed by atoms with van der Waals surface area (Å²) < 4.78 is 0. The fourth-order valence-corrected chi connectivity index (χ4v) is 2.48. The Labute approximate surface area is 125 Å². The molecular formula is C16H21NO2S. The van der Waals surface area contributed by atoms with Crippen LogP contribution in [0.3, 0.4) is 0 Å². The number of hydrogen-bond acceptors (Lipinski definition) is 3. The Kier molecular flexibility index (Phi) is 7.21. The van der Waals surface area contributed by atoms with Crippen LogP contribution >= 0.6 is 11.8 Å². The molecule has 0 bridgehead atoms. The minimum absolute atomic E-state index is 0.0530. The van der Waals surface area contributed by atoms with Crippen molar-refractivity contribution in [1.29, 1.82) is 0 Å². The molecule has 108 valence electrons. The first-order valence-corrected chi connectivity index (χ1v) is 7.95. The molecule has 3 nitrogen and oxygen atoms in total. The topological polar surface area (TPSA) is 49.3 Å². The van der Waals surface area contributed by atoms with Crippen molar-refractivity contribution in [2.24, 2.45) is 5.92 Å². The van der Waals surface area contributed by atoms with Gasteiger partial charge in [-0.25, -0.2) is 0 Å². The standard InChI is InChI=1S/C16H21NO2S/c1-12(11-20-3)10-17-16(19)15-7-6-14(5-4-8-18)13(2)9-15/h6-7,9,12,18H,8,10-11H2,1-3H3,(H,17,19). The van der Waals surface area contributed by atoms with Crippen molar-refractivity contribution in [2.45, 2.75) is 13.8 Å². The lowest BCUT2D eigenvalue weighted by atomic mass is 10.0. The summed E-state index contributed by atoms with van der Waals surface area (Å²) >= 11 is 1.78. The first kappa shape index (κ1) is 16.6. The van der Waals surface area contributed by atoms with Gasteiger partial charge in [-0.15, -0.1) is 0 Å². The molecule has 2 N–H and O–H groups in total. The zero-order valence-electron chi connectivity index (χ0n) is 12.2. The molecule has 1 aromatic rings. The lowest BCUT2D eigenvalue weighted by Gasteiger charge is -2.11. The summed E-state index contributed by atoms with van der Waals surface area (Å²) in [5.41, 5.74) is 2.43. The molecule has 1 unspecified atom stereocenters. The van der Waals surface area contributed by atoms with Crippen molar-refractivity contribution < 1.29 is 9.90 Å². The summed E-state index contributed by atoms with van der Waals surface area (Å²) in [6, 6.07) is 5.41. The number of carbonyl (C=O) groups excluding carboxylic acids is 1. The van der Waals surface area contributed by atoms with Gasteiger partial charge in [0.05, 0.1) is 0 Å². The number of hydrogen-bond donors (Lipinski definition) is 2. The van der Waals surface area contributed by atoms with E-state index in [-0.39, 0.29) is 12.5 Å². The van der Waals surface area contributed by atoms with Crippen molar-refractivity contribution >= 4 is 17.7 Å². The minimum Gasteiger partial charge on any atom is -0.384 e. The number of aliphatic hydroxyl groups excluding tert-OH is 1. The maximum Gasteiger partial charge on any atom is 0.251 e. The zero-order valence-corrected chi connectivity index (χ0v) is 13.0. The summed E-state index contributed by atoms with van der Waals surface area (Å²) in [7, 11) is 0. The maximum atomic E-state index is 12.0. The van der Waals surface area contributed by atoms with Crippen LogP contribution in [0.25, 0.3) is 0 Å². The molecule has 0 aliphatic rings. The molecule has 0 saturated heterocycles. The molecule has 1 atom stereocenters. The smallest absolute Gasteiger partial charge is 0.251 e. The van der Waals surface area contributed by atoms with Gasteiger partial charge in [0.2, 0.25) is 0 Å². The fourth-order valence-electron chi connectivity index (χ4n) is 1.79. The number of benzene rings is 1. The second-order valence-electron chi connectivity index (χ2n) is 4.76. The van der Waals surface area contributed by atoms with Crippen LogP contribution in [0.15, 0.2) is 18.2 Å². The van der Waals surface area contributed by atoms with Crippen LogP contribution in [0.1, 0.15) is 28.4 Å². The van der Waals surface area contributed by atoms with Crippen LogP contribution in [0.4, 0.5) is 0 Å². The number of carbonyl (C=O) groups is 1. The second kappa shape index (κ2) is 8.68. The molecule has 0 spiro atoms. The van der Waals surface area contributed by atoms with Gasteiger partial charge in [0.15, 0.2) is 0 Å². The average Bonchev–Trinajstić information content (AvgIpc) is 2.43. The minimum atomic E-state index is -0.158. The van der Waals surface area contributed by atoms with E-state index in [1.165, 1.54) is 0 Å². The van der Waals surface area contributed by atoms with Crippen molar-refractivity contribution in [3.05, 3.63) is 34.9 Å². The van der Waals surface area contributed by atoms with Crippen LogP contribution in [0, 0.1) is 24.7 Å². The predicted molar refractivity (Wildman–Crippen MR) is 85.0 cm³/mol. The highest BCUT2D eigenvalue weighted by Crippen LogP contribution is 2.10. The van der Waals surface area contributed by atoms with Gasteiger partial charge in [-0.3, -0.25) is 4.79 Å². The summed E-state index contributed by atoms with van der Waals surface area (Å²) in [4.78, 5) is 12.0. The molecule has 0 aliphatic heterocycles. The van der Waals surface area contributed by atoms with Crippen molar-refractivity contribution in [3.8, 4) is 11.8 Å². The highest BCUT2D eigenvalue weighted by atomic mass is 32.2. The van der Waals surface area contributed by atoms with Crippen molar-refractivity contribution in [1.82, 2.24) is 5.32 Å². The van der Waals surface area contributed by atoms with Crippen LogP contribution in [0.2, 0.25) is 0 Å². The molecule has 1 amide bonds. The Balaban J connectivity index is 2.68. The van der Waals surface area contributed by atoms with Crippen LogP contribution in [-0.4, -0.2) is 36.2 Å². The summed E-state index contributed by atoms with van der Waals surface area (Å²) in [6.45, 7) is 4.56. The normalized spacial score (nSPS) is 11.4. The van der Waals surface area contributed by atoms with E-state index in [2.05, 4.69) is 30.3 Å². The predicted octanol–water partition coefficient (Wildman–Crippen LogP) is 2.07. The van der Waals surface area contributed by atoms with Crippen molar-refractivity contribution in [2.75, 3.05) is 25.2 Å². The van der Waals surface area contributed by atoms with Gasteiger partial charge >= 0.3 is 0 Å². The third-order valence-corrected chi connectivity index (χ3v) is 3.76. The second-order valence-corrected chi connectivity index (χ2v) is 5.67. The quantitative estimate of drug-likeness (QED) is 0.817. The molecule has 20 heavy (non-hydrogen) atoms. The van der Waals surface area contributed by atoms with E-state index in [0.717, 1.165) is 16.9 Å². The summed E-state index contributed by atoms with van der Waals surface area (Å²) in [5, 5.41) is 11.6. The third-order valence-electron chi connectivity index (χ3n) is 2.85. The van der Waals surface area contributed by atoms with E-state index in [0.29, 0.717) is 18.0 Å². The maximum absolute atomic E-state index is 12.0. The molecule has 0 saturated carbocycles. The zero-order chi connectivity index (χ0) is 15.0. The van der Waals surface area contributed by atoms with Gasteiger partial charge in [0.25, 0.3) is 5.91 Å². The Bertz CT molecular complexity index is 517. The van der Waals surface area contributed by atoms with Crippen molar-refractivity contribution in [3.63, 3.8) is 0 Å². The highest BCUT2D eigenvalue weighted by molar-refractivity contribution is 7.98. The van der Waals surface area contributed by atoms with Crippen LogP contribution < -0.4 is 5.32 Å². The molecule has 1 rings (SSSR count). The van der Waals surface area contributed by atoms with Crippen LogP contribution in [0.5, 0.6) is 0 Å². The average molecular weight is 291 g/mol. The van der Waals surface area contributed by atoms with E-state index in [1.54, 1.807) is 17.8 Å². The number of nitrogens with one attached hydrogen (secondary N) is 1. The Hall–Kier alpha value is -1.44. The SMILES string of the molecule is CSCC(C)CNC(=O)c1ccc(C#CCO)c(C)c1. The summed E-state index contributed by atoms with van der Waals surface area (Å²) in [5.74, 6) is 6.92. The van der Waals surface area contributed by atoms with E-state index in [1.807, 2.05) is 19.1 Å². The number of rotatable bonds is 5. The Morgan fingerprint density at radius 3 is 2.85 bits per heavy atom. The third kappa shape index (κ3) is 5.28. The molecule has 1 aromatic carbocycles. The van der Waals surface area contributed by atoms with E-state index in [9.17, 15) is 4.79 Å². The molecular weight excluding hydrogens is 270 g/mol. The molecule has 4 heteroatoms.